The molecule has 0 spiro atoms. The number of hydrogen-bond acceptors (Lipinski definition) is 4. The lowest BCUT2D eigenvalue weighted by atomic mass is 10.3. The molecule has 2 N–H and O–H groups in total. The van der Waals surface area contributed by atoms with E-state index in [1.807, 2.05) is 36.0 Å². The van der Waals surface area contributed by atoms with Crippen molar-refractivity contribution in [2.45, 2.75) is 6.42 Å². The fraction of sp³-hybridized carbons (Fsp3) is 0.533. The minimum atomic E-state index is 0.581. The average molecular weight is 311 g/mol. The van der Waals surface area contributed by atoms with E-state index in [0.717, 1.165) is 36.2 Å². The van der Waals surface area contributed by atoms with Crippen LogP contribution in [0.2, 0.25) is 0 Å². The number of nitrogens with zero attached hydrogens (tertiary/aromatic N) is 1. The minimum absolute atomic E-state index is 0.581. The maximum atomic E-state index is 5.64. The summed E-state index contributed by atoms with van der Waals surface area (Å²) in [6.07, 6.45) is 3.24. The van der Waals surface area contributed by atoms with Gasteiger partial charge in [0.15, 0.2) is 5.96 Å². The summed E-state index contributed by atoms with van der Waals surface area (Å²) in [5.41, 5.74) is 0. The van der Waals surface area contributed by atoms with Crippen LogP contribution in [-0.2, 0) is 0 Å². The molecule has 0 aliphatic carbocycles. The van der Waals surface area contributed by atoms with Gasteiger partial charge in [-0.1, -0.05) is 0 Å². The molecule has 5 nitrogen and oxygen atoms in total. The van der Waals surface area contributed by atoms with Crippen molar-refractivity contribution in [1.29, 1.82) is 0 Å². The Bertz CT molecular complexity index is 410. The summed E-state index contributed by atoms with van der Waals surface area (Å²) in [4.78, 5) is 4.17. The summed E-state index contributed by atoms with van der Waals surface area (Å²) in [6, 6.07) is 7.56. The van der Waals surface area contributed by atoms with Gasteiger partial charge in [-0.25, -0.2) is 0 Å². The predicted molar refractivity (Wildman–Crippen MR) is 90.9 cm³/mol. The lowest BCUT2D eigenvalue weighted by Gasteiger charge is -2.12. The van der Waals surface area contributed by atoms with Gasteiger partial charge in [0.1, 0.15) is 18.1 Å². The van der Waals surface area contributed by atoms with Crippen molar-refractivity contribution >= 4 is 17.7 Å². The molecule has 0 amide bonds. The standard InChI is InChI=1S/C15H25N3O2S/c1-16-15(17-9-4-12-21-3)18-10-11-20-14-7-5-13(19-2)6-8-14/h5-8H,4,9-12H2,1-3H3,(H2,16,17,18). The largest absolute Gasteiger partial charge is 0.497 e. The van der Waals surface area contributed by atoms with Crippen LogP contribution in [0.1, 0.15) is 6.42 Å². The van der Waals surface area contributed by atoms with E-state index in [9.17, 15) is 0 Å². The summed E-state index contributed by atoms with van der Waals surface area (Å²) in [7, 11) is 3.42. The Morgan fingerprint density at radius 1 is 1.14 bits per heavy atom. The molecule has 0 bridgehead atoms. The van der Waals surface area contributed by atoms with E-state index < -0.39 is 0 Å². The number of benzene rings is 1. The first-order valence-corrected chi connectivity index (χ1v) is 8.40. The Balaban J connectivity index is 2.16. The number of ether oxygens (including phenoxy) is 2. The molecule has 0 saturated heterocycles. The van der Waals surface area contributed by atoms with Crippen LogP contribution >= 0.6 is 11.8 Å². The van der Waals surface area contributed by atoms with Crippen LogP contribution < -0.4 is 20.1 Å². The molecule has 118 valence electrons. The Hall–Kier alpha value is -1.56. The lowest BCUT2D eigenvalue weighted by molar-refractivity contribution is 0.321. The number of thioether (sulfide) groups is 1. The van der Waals surface area contributed by atoms with Crippen LogP contribution in [0, 0.1) is 0 Å². The van der Waals surface area contributed by atoms with E-state index in [-0.39, 0.29) is 0 Å². The normalized spacial score (nSPS) is 11.1. The number of methoxy groups -OCH3 is 1. The molecule has 6 heteroatoms. The molecule has 0 radical (unpaired) electrons. The van der Waals surface area contributed by atoms with Gasteiger partial charge in [0.25, 0.3) is 0 Å². The van der Waals surface area contributed by atoms with Gasteiger partial charge >= 0.3 is 0 Å². The lowest BCUT2D eigenvalue weighted by Crippen LogP contribution is -2.39. The molecular formula is C15H25N3O2S. The quantitative estimate of drug-likeness (QED) is 0.415. The van der Waals surface area contributed by atoms with Crippen LogP contribution in [0.25, 0.3) is 0 Å². The Morgan fingerprint density at radius 2 is 1.81 bits per heavy atom. The van der Waals surface area contributed by atoms with Gasteiger partial charge in [-0.2, -0.15) is 11.8 Å². The zero-order chi connectivity index (χ0) is 15.3. The first-order valence-electron chi connectivity index (χ1n) is 7.00. The summed E-state index contributed by atoms with van der Waals surface area (Å²) in [6.45, 7) is 2.21. The van der Waals surface area contributed by atoms with E-state index in [2.05, 4.69) is 21.9 Å². The number of rotatable bonds is 9. The van der Waals surface area contributed by atoms with E-state index in [4.69, 9.17) is 9.47 Å². The number of aliphatic imine (C=N–C) groups is 1. The molecule has 0 aliphatic rings. The van der Waals surface area contributed by atoms with E-state index in [1.165, 1.54) is 0 Å². The fourth-order valence-corrected chi connectivity index (χ4v) is 2.09. The van der Waals surface area contributed by atoms with Crippen LogP contribution in [0.3, 0.4) is 0 Å². The number of nitrogens with one attached hydrogen (secondary N) is 2. The van der Waals surface area contributed by atoms with Crippen LogP contribution in [0.4, 0.5) is 0 Å². The van der Waals surface area contributed by atoms with E-state index in [0.29, 0.717) is 13.2 Å². The third-order valence-corrected chi connectivity index (χ3v) is 3.46. The highest BCUT2D eigenvalue weighted by atomic mass is 32.2. The highest BCUT2D eigenvalue weighted by Crippen LogP contribution is 2.16. The zero-order valence-electron chi connectivity index (χ0n) is 13.0. The van der Waals surface area contributed by atoms with Crippen molar-refractivity contribution in [2.24, 2.45) is 4.99 Å². The van der Waals surface area contributed by atoms with Crippen molar-refractivity contribution in [3.63, 3.8) is 0 Å². The number of guanidine groups is 1. The second-order valence-electron chi connectivity index (χ2n) is 4.30. The molecule has 21 heavy (non-hydrogen) atoms. The topological polar surface area (TPSA) is 54.9 Å². The van der Waals surface area contributed by atoms with Crippen molar-refractivity contribution < 1.29 is 9.47 Å². The maximum Gasteiger partial charge on any atom is 0.191 e. The average Bonchev–Trinajstić information content (AvgIpc) is 2.54. The summed E-state index contributed by atoms with van der Waals surface area (Å²) < 4.78 is 10.7. The third kappa shape index (κ3) is 7.70. The monoisotopic (exact) mass is 311 g/mol. The molecule has 0 atom stereocenters. The minimum Gasteiger partial charge on any atom is -0.497 e. The predicted octanol–water partition coefficient (Wildman–Crippen LogP) is 1.99. The molecule has 1 rings (SSSR count). The van der Waals surface area contributed by atoms with Crippen LogP contribution in [-0.4, -0.2) is 51.8 Å². The third-order valence-electron chi connectivity index (χ3n) is 2.76. The molecule has 0 saturated carbocycles. The van der Waals surface area contributed by atoms with Gasteiger partial charge in [0.05, 0.1) is 13.7 Å². The molecule has 0 aliphatic heterocycles. The Kier molecular flexibility index (Phi) is 9.28. The van der Waals surface area contributed by atoms with Gasteiger partial charge in [-0.3, -0.25) is 4.99 Å². The van der Waals surface area contributed by atoms with Crippen molar-refractivity contribution in [3.8, 4) is 11.5 Å². The highest BCUT2D eigenvalue weighted by Gasteiger charge is 1.98. The second kappa shape index (κ2) is 11.1. The van der Waals surface area contributed by atoms with Crippen molar-refractivity contribution in [1.82, 2.24) is 10.6 Å². The fourth-order valence-electron chi connectivity index (χ4n) is 1.65. The first-order chi connectivity index (χ1) is 10.3. The number of hydrogen-bond donors (Lipinski definition) is 2. The Morgan fingerprint density at radius 3 is 2.43 bits per heavy atom. The van der Waals surface area contributed by atoms with Gasteiger partial charge in [0, 0.05) is 13.6 Å². The van der Waals surface area contributed by atoms with Gasteiger partial charge in [0.2, 0.25) is 0 Å². The molecule has 1 aromatic carbocycles. The Labute approximate surface area is 131 Å². The first kappa shape index (κ1) is 17.5. The van der Waals surface area contributed by atoms with Crippen molar-refractivity contribution in [2.75, 3.05) is 45.9 Å². The summed E-state index contributed by atoms with van der Waals surface area (Å²) in [5.74, 6) is 3.63. The molecule has 0 unspecified atom stereocenters. The van der Waals surface area contributed by atoms with Gasteiger partial charge in [-0.05, 0) is 42.7 Å². The summed E-state index contributed by atoms with van der Waals surface area (Å²) in [5, 5.41) is 6.49. The molecule has 1 aromatic rings. The van der Waals surface area contributed by atoms with Crippen LogP contribution in [0.15, 0.2) is 29.3 Å². The molecule has 0 fully saturated rings. The SMILES string of the molecule is CN=C(NCCCSC)NCCOc1ccc(OC)cc1. The smallest absolute Gasteiger partial charge is 0.191 e. The van der Waals surface area contributed by atoms with Crippen LogP contribution in [0.5, 0.6) is 11.5 Å². The maximum absolute atomic E-state index is 5.64. The second-order valence-corrected chi connectivity index (χ2v) is 5.28. The van der Waals surface area contributed by atoms with Crippen molar-refractivity contribution in [3.05, 3.63) is 24.3 Å². The van der Waals surface area contributed by atoms with E-state index in [1.54, 1.807) is 14.2 Å². The zero-order valence-corrected chi connectivity index (χ0v) is 13.8. The van der Waals surface area contributed by atoms with Gasteiger partial charge in [-0.15, -0.1) is 0 Å². The highest BCUT2D eigenvalue weighted by molar-refractivity contribution is 7.98. The molecule has 0 aromatic heterocycles. The van der Waals surface area contributed by atoms with E-state index >= 15 is 0 Å². The molecule has 0 heterocycles. The van der Waals surface area contributed by atoms with Gasteiger partial charge < -0.3 is 20.1 Å². The summed E-state index contributed by atoms with van der Waals surface area (Å²) >= 11 is 1.85. The molecular weight excluding hydrogens is 286 g/mol.